The molecule has 6 rings (SSSR count). The number of para-hydroxylation sites is 2. The zero-order chi connectivity index (χ0) is 28.3. The van der Waals surface area contributed by atoms with Gasteiger partial charge in [0.25, 0.3) is 0 Å². The summed E-state index contributed by atoms with van der Waals surface area (Å²) in [7, 11) is 1.58. The number of fused-ring (bicyclic) bond motifs is 2. The second-order valence-electron chi connectivity index (χ2n) is 10.0. The Kier molecular flexibility index (Phi) is 7.35. The van der Waals surface area contributed by atoms with Crippen LogP contribution >= 0.6 is 0 Å². The Hall–Kier alpha value is -4.76. The summed E-state index contributed by atoms with van der Waals surface area (Å²) >= 11 is 0. The predicted molar refractivity (Wildman–Crippen MR) is 156 cm³/mol. The van der Waals surface area contributed by atoms with E-state index in [0.717, 1.165) is 27.7 Å². The highest BCUT2D eigenvalue weighted by molar-refractivity contribution is 5.87. The van der Waals surface area contributed by atoms with Crippen molar-refractivity contribution >= 4 is 27.9 Å². The number of aromatic hydroxyl groups is 1. The molecule has 1 unspecified atom stereocenters. The molecule has 0 spiro atoms. The molecule has 1 saturated heterocycles. The summed E-state index contributed by atoms with van der Waals surface area (Å²) in [6, 6.07) is 22.1. The van der Waals surface area contributed by atoms with E-state index in [4.69, 9.17) is 13.9 Å². The minimum Gasteiger partial charge on any atom is -0.507 e. The number of aromatic nitrogens is 1. The van der Waals surface area contributed by atoms with Crippen molar-refractivity contribution in [3.63, 3.8) is 0 Å². The topological polar surface area (TPSA) is 117 Å². The Morgan fingerprint density at radius 1 is 1.05 bits per heavy atom. The molecule has 5 aromatic rings. The van der Waals surface area contributed by atoms with Gasteiger partial charge in [-0.3, -0.25) is 0 Å². The maximum absolute atomic E-state index is 13.6. The summed E-state index contributed by atoms with van der Waals surface area (Å²) in [5.41, 5.74) is 3.11. The maximum atomic E-state index is 13.6. The van der Waals surface area contributed by atoms with Crippen molar-refractivity contribution in [3.8, 4) is 11.5 Å². The van der Waals surface area contributed by atoms with Gasteiger partial charge in [-0.1, -0.05) is 42.5 Å². The molecule has 3 aromatic carbocycles. The molecule has 1 aliphatic rings. The quantitative estimate of drug-likeness (QED) is 0.251. The Morgan fingerprint density at radius 2 is 1.80 bits per heavy atom. The lowest BCUT2D eigenvalue weighted by Gasteiger charge is -2.27. The van der Waals surface area contributed by atoms with Gasteiger partial charge in [-0.15, -0.1) is 0 Å². The monoisotopic (exact) mass is 553 g/mol. The third-order valence-corrected chi connectivity index (χ3v) is 7.62. The number of rotatable bonds is 7. The smallest absolute Gasteiger partial charge is 0.344 e. The first kappa shape index (κ1) is 26.5. The van der Waals surface area contributed by atoms with Crippen LogP contribution in [0.2, 0.25) is 0 Å². The first-order valence-electron chi connectivity index (χ1n) is 13.6. The molecule has 0 bridgehead atoms. The van der Waals surface area contributed by atoms with Crippen molar-refractivity contribution in [2.45, 2.75) is 12.3 Å². The number of aromatic amines is 1. The fourth-order valence-corrected chi connectivity index (χ4v) is 5.61. The summed E-state index contributed by atoms with van der Waals surface area (Å²) in [4.78, 5) is 31.6. The van der Waals surface area contributed by atoms with Gasteiger partial charge in [0, 0.05) is 36.2 Å². The molecule has 0 aliphatic carbocycles. The number of hydrogen-bond donors (Lipinski definition) is 3. The summed E-state index contributed by atoms with van der Waals surface area (Å²) in [6.07, 6.45) is 0.496. The first-order valence-corrected chi connectivity index (χ1v) is 13.6. The van der Waals surface area contributed by atoms with Gasteiger partial charge in [0.05, 0.1) is 37.2 Å². The van der Waals surface area contributed by atoms with Crippen LogP contribution in [0.5, 0.6) is 11.5 Å². The van der Waals surface area contributed by atoms with Gasteiger partial charge in [-0.2, -0.15) is 0 Å². The van der Waals surface area contributed by atoms with Crippen LogP contribution in [-0.4, -0.2) is 61.0 Å². The fraction of sp³-hybridized carbons (Fsp3) is 0.250. The van der Waals surface area contributed by atoms with Gasteiger partial charge in [0.15, 0.2) is 0 Å². The van der Waals surface area contributed by atoms with Crippen LogP contribution in [0.15, 0.2) is 82.0 Å². The van der Waals surface area contributed by atoms with Crippen LogP contribution in [0.25, 0.3) is 21.9 Å². The molecule has 0 saturated carbocycles. The number of hydrogen-bond acceptors (Lipinski definition) is 6. The second kappa shape index (κ2) is 11.4. The molecule has 0 radical (unpaired) electrons. The summed E-state index contributed by atoms with van der Waals surface area (Å²) < 4.78 is 16.6. The number of carbonyl (C=O) groups is 1. The molecule has 2 amide bonds. The molecule has 9 heteroatoms. The van der Waals surface area contributed by atoms with Crippen LogP contribution in [0.1, 0.15) is 28.3 Å². The van der Waals surface area contributed by atoms with E-state index in [1.165, 1.54) is 0 Å². The van der Waals surface area contributed by atoms with Crippen molar-refractivity contribution in [1.82, 2.24) is 15.2 Å². The van der Waals surface area contributed by atoms with Crippen molar-refractivity contribution in [2.75, 3.05) is 40.0 Å². The van der Waals surface area contributed by atoms with E-state index in [9.17, 15) is 14.7 Å². The second-order valence-corrected chi connectivity index (χ2v) is 10.0. The third-order valence-electron chi connectivity index (χ3n) is 7.62. The van der Waals surface area contributed by atoms with Crippen LogP contribution in [0, 0.1) is 0 Å². The number of benzene rings is 3. The average Bonchev–Trinajstić information content (AvgIpc) is 3.37. The van der Waals surface area contributed by atoms with Crippen LogP contribution in [0.4, 0.5) is 4.79 Å². The lowest BCUT2D eigenvalue weighted by Crippen LogP contribution is -2.46. The Morgan fingerprint density at radius 3 is 2.61 bits per heavy atom. The average molecular weight is 554 g/mol. The summed E-state index contributed by atoms with van der Waals surface area (Å²) in [6.45, 7) is 2.55. The number of urea groups is 1. The molecule has 3 N–H and O–H groups in total. The number of morpholine rings is 1. The number of methoxy groups -OCH3 is 1. The minimum atomic E-state index is -0.705. The van der Waals surface area contributed by atoms with Gasteiger partial charge >= 0.3 is 11.7 Å². The van der Waals surface area contributed by atoms with Gasteiger partial charge in [0.2, 0.25) is 0 Å². The molecule has 1 atom stereocenters. The van der Waals surface area contributed by atoms with E-state index >= 15 is 0 Å². The van der Waals surface area contributed by atoms with Gasteiger partial charge in [0.1, 0.15) is 17.1 Å². The highest BCUT2D eigenvalue weighted by Crippen LogP contribution is 2.41. The molecule has 210 valence electrons. The van der Waals surface area contributed by atoms with Gasteiger partial charge in [-0.05, 0) is 47.9 Å². The predicted octanol–water partition coefficient (Wildman–Crippen LogP) is 4.75. The van der Waals surface area contributed by atoms with Gasteiger partial charge in [-0.25, -0.2) is 9.59 Å². The van der Waals surface area contributed by atoms with Crippen LogP contribution < -0.4 is 15.7 Å². The molecule has 1 fully saturated rings. The molecular weight excluding hydrogens is 522 g/mol. The molecule has 9 nitrogen and oxygen atoms in total. The zero-order valence-corrected chi connectivity index (χ0v) is 22.7. The SMILES string of the molecule is COc1cccc(C(c2[nH]c3ccccc3c2CCNC(=O)N2CCOCC2)c2c(O)c3ccccc3oc2=O)c1. The number of nitrogens with zero attached hydrogens (tertiary/aromatic N) is 1. The van der Waals surface area contributed by atoms with Crippen molar-refractivity contribution < 1.29 is 23.8 Å². The van der Waals surface area contributed by atoms with E-state index < -0.39 is 11.5 Å². The standard InChI is InChI=1S/C32H31N3O6/c1-39-21-8-6-7-20(19-21)27(28-30(36)24-10-3-5-12-26(24)41-31(28)37)29-23(22-9-2-4-11-25(22)34-29)13-14-33-32(38)35-15-17-40-18-16-35/h2-12,19,27,34,36H,13-18H2,1H3,(H,33,38). The van der Waals surface area contributed by atoms with Crippen molar-refractivity contribution in [1.29, 1.82) is 0 Å². The third kappa shape index (κ3) is 5.12. The molecule has 2 aromatic heterocycles. The first-order chi connectivity index (χ1) is 20.0. The van der Waals surface area contributed by atoms with E-state index in [0.29, 0.717) is 56.0 Å². The van der Waals surface area contributed by atoms with Gasteiger partial charge < -0.3 is 34.2 Å². The fourth-order valence-electron chi connectivity index (χ4n) is 5.61. The van der Waals surface area contributed by atoms with Crippen molar-refractivity contribution in [3.05, 3.63) is 106 Å². The van der Waals surface area contributed by atoms with E-state index in [-0.39, 0.29) is 17.3 Å². The molecule has 3 heterocycles. The Balaban J connectivity index is 1.48. The molecule has 1 aliphatic heterocycles. The lowest BCUT2D eigenvalue weighted by molar-refractivity contribution is 0.0533. The summed E-state index contributed by atoms with van der Waals surface area (Å²) in [5, 5.41) is 16.0. The number of ether oxygens (including phenoxy) is 2. The number of amides is 2. The number of nitrogens with one attached hydrogen (secondary N) is 2. The number of carbonyl (C=O) groups excluding carboxylic acids is 1. The van der Waals surface area contributed by atoms with E-state index in [2.05, 4.69) is 10.3 Å². The normalized spacial score (nSPS) is 14.3. The molecule has 41 heavy (non-hydrogen) atoms. The minimum absolute atomic E-state index is 0.127. The highest BCUT2D eigenvalue weighted by Gasteiger charge is 2.30. The lowest BCUT2D eigenvalue weighted by atomic mass is 9.85. The van der Waals surface area contributed by atoms with Crippen molar-refractivity contribution in [2.24, 2.45) is 0 Å². The largest absolute Gasteiger partial charge is 0.507 e. The van der Waals surface area contributed by atoms with E-state index in [1.54, 1.807) is 36.3 Å². The Labute approximate surface area is 236 Å². The Bertz CT molecular complexity index is 1770. The maximum Gasteiger partial charge on any atom is 0.344 e. The highest BCUT2D eigenvalue weighted by atomic mass is 16.5. The van der Waals surface area contributed by atoms with Crippen LogP contribution in [0.3, 0.4) is 0 Å². The summed E-state index contributed by atoms with van der Waals surface area (Å²) in [5.74, 6) is -0.217. The van der Waals surface area contributed by atoms with Crippen LogP contribution in [-0.2, 0) is 11.2 Å². The zero-order valence-electron chi connectivity index (χ0n) is 22.7. The number of H-pyrrole nitrogens is 1. The molecular formula is C32H31N3O6. The van der Waals surface area contributed by atoms with E-state index in [1.807, 2.05) is 48.5 Å².